The molecule has 1 aromatic carbocycles. The zero-order valence-electron chi connectivity index (χ0n) is 9.70. The summed E-state index contributed by atoms with van der Waals surface area (Å²) in [6.07, 6.45) is 2.30. The fourth-order valence-corrected chi connectivity index (χ4v) is 1.89. The predicted octanol–water partition coefficient (Wildman–Crippen LogP) is 3.68. The van der Waals surface area contributed by atoms with Crippen LogP contribution in [0.15, 0.2) is 28.9 Å². The minimum Gasteiger partial charge on any atom is -0.461 e. The van der Waals surface area contributed by atoms with E-state index in [0.717, 1.165) is 23.0 Å². The smallest absolute Gasteiger partial charge is 0.185 e. The number of rotatable bonds is 2. The highest BCUT2D eigenvalue weighted by molar-refractivity contribution is 5.85. The van der Waals surface area contributed by atoms with Crippen molar-refractivity contribution in [1.29, 1.82) is 0 Å². The molecule has 0 fully saturated rings. The molecule has 1 aromatic heterocycles. The van der Waals surface area contributed by atoms with Crippen LogP contribution in [-0.4, -0.2) is 6.29 Å². The van der Waals surface area contributed by atoms with Crippen LogP contribution in [0.2, 0.25) is 0 Å². The van der Waals surface area contributed by atoms with E-state index in [9.17, 15) is 4.79 Å². The van der Waals surface area contributed by atoms with Crippen LogP contribution in [0.4, 0.5) is 0 Å². The Kier molecular flexibility index (Phi) is 2.65. The largest absolute Gasteiger partial charge is 0.461 e. The third-order valence-corrected chi connectivity index (χ3v) is 2.93. The molecule has 0 atom stereocenters. The number of benzene rings is 1. The minimum absolute atomic E-state index is 0.395. The van der Waals surface area contributed by atoms with E-state index in [-0.39, 0.29) is 0 Å². The molecule has 0 unspecified atom stereocenters. The van der Waals surface area contributed by atoms with Crippen molar-refractivity contribution in [3.63, 3.8) is 0 Å². The van der Waals surface area contributed by atoms with Gasteiger partial charge in [0.05, 0.1) is 6.26 Å². The molecule has 0 radical (unpaired) electrons. The number of hydrogen-bond acceptors (Lipinski definition) is 2. The average Bonchev–Trinajstić information content (AvgIpc) is 2.71. The molecule has 16 heavy (non-hydrogen) atoms. The minimum atomic E-state index is 0.395. The summed E-state index contributed by atoms with van der Waals surface area (Å²) in [6, 6.07) is 6.07. The van der Waals surface area contributed by atoms with E-state index in [2.05, 4.69) is 26.0 Å². The zero-order chi connectivity index (χ0) is 11.7. The summed E-state index contributed by atoms with van der Waals surface area (Å²) >= 11 is 0. The Bertz CT molecular complexity index is 536. The molecule has 0 aliphatic rings. The molecule has 0 saturated heterocycles. The second-order valence-electron chi connectivity index (χ2n) is 4.07. The second kappa shape index (κ2) is 3.97. The van der Waals surface area contributed by atoms with Crippen LogP contribution in [0.3, 0.4) is 0 Å². The van der Waals surface area contributed by atoms with E-state index in [1.54, 1.807) is 6.26 Å². The van der Waals surface area contributed by atoms with Gasteiger partial charge in [-0.1, -0.05) is 12.1 Å². The van der Waals surface area contributed by atoms with Gasteiger partial charge in [-0.05, 0) is 49.1 Å². The van der Waals surface area contributed by atoms with Gasteiger partial charge in [-0.25, -0.2) is 0 Å². The Hall–Kier alpha value is -1.83. The molecule has 0 spiro atoms. The number of carbonyl (C=O) groups is 1. The standard InChI is InChI=1S/C14H14O2/c1-9-6-11(3)13(7-10(9)2)12-4-5-16-14(12)8-15/h4-8H,1-3H3. The highest BCUT2D eigenvalue weighted by Gasteiger charge is 2.11. The molecule has 1 heterocycles. The van der Waals surface area contributed by atoms with Crippen molar-refractivity contribution in [3.8, 4) is 11.1 Å². The lowest BCUT2D eigenvalue weighted by molar-refractivity contribution is 0.110. The Morgan fingerprint density at radius 2 is 1.69 bits per heavy atom. The third-order valence-electron chi connectivity index (χ3n) is 2.93. The quantitative estimate of drug-likeness (QED) is 0.714. The molecule has 2 heteroatoms. The Labute approximate surface area is 94.9 Å². The SMILES string of the molecule is Cc1cc(C)c(-c2ccoc2C=O)cc1C. The second-order valence-corrected chi connectivity index (χ2v) is 4.07. The van der Waals surface area contributed by atoms with Gasteiger partial charge in [0, 0.05) is 5.56 Å². The molecular weight excluding hydrogens is 200 g/mol. The van der Waals surface area contributed by atoms with Crippen LogP contribution in [0.25, 0.3) is 11.1 Å². The maximum absolute atomic E-state index is 10.8. The summed E-state index contributed by atoms with van der Waals surface area (Å²) in [4.78, 5) is 10.8. The monoisotopic (exact) mass is 214 g/mol. The summed E-state index contributed by atoms with van der Waals surface area (Å²) in [5, 5.41) is 0. The van der Waals surface area contributed by atoms with Crippen molar-refractivity contribution in [3.05, 3.63) is 46.9 Å². The summed E-state index contributed by atoms with van der Waals surface area (Å²) in [5.74, 6) is 0.395. The lowest BCUT2D eigenvalue weighted by Gasteiger charge is -2.08. The van der Waals surface area contributed by atoms with E-state index < -0.39 is 0 Å². The molecule has 0 aliphatic heterocycles. The number of aldehydes is 1. The molecule has 0 bridgehead atoms. The number of aryl methyl sites for hydroxylation is 3. The maximum atomic E-state index is 10.8. The summed E-state index contributed by atoms with van der Waals surface area (Å²) < 4.78 is 5.13. The normalized spacial score (nSPS) is 10.4. The average molecular weight is 214 g/mol. The van der Waals surface area contributed by atoms with Crippen LogP contribution in [0, 0.1) is 20.8 Å². The van der Waals surface area contributed by atoms with Gasteiger partial charge in [0.15, 0.2) is 12.0 Å². The van der Waals surface area contributed by atoms with Gasteiger partial charge in [-0.15, -0.1) is 0 Å². The summed E-state index contributed by atoms with van der Waals surface area (Å²) in [5.41, 5.74) is 5.58. The van der Waals surface area contributed by atoms with Crippen LogP contribution >= 0.6 is 0 Å². The first-order valence-corrected chi connectivity index (χ1v) is 5.24. The van der Waals surface area contributed by atoms with Gasteiger partial charge in [-0.3, -0.25) is 4.79 Å². The topological polar surface area (TPSA) is 30.2 Å². The Morgan fingerprint density at radius 3 is 2.38 bits per heavy atom. The van der Waals surface area contributed by atoms with Gasteiger partial charge < -0.3 is 4.42 Å². The van der Waals surface area contributed by atoms with Gasteiger partial charge in [0.1, 0.15) is 0 Å². The predicted molar refractivity (Wildman–Crippen MR) is 63.7 cm³/mol. The van der Waals surface area contributed by atoms with E-state index in [4.69, 9.17) is 4.42 Å². The lowest BCUT2D eigenvalue weighted by Crippen LogP contribution is -1.90. The fraction of sp³-hybridized carbons (Fsp3) is 0.214. The molecule has 2 aromatic rings. The highest BCUT2D eigenvalue weighted by Crippen LogP contribution is 2.29. The van der Waals surface area contributed by atoms with Crippen LogP contribution in [0.1, 0.15) is 27.2 Å². The van der Waals surface area contributed by atoms with Crippen molar-refractivity contribution < 1.29 is 9.21 Å². The fourth-order valence-electron chi connectivity index (χ4n) is 1.89. The van der Waals surface area contributed by atoms with E-state index in [0.29, 0.717) is 5.76 Å². The lowest BCUT2D eigenvalue weighted by atomic mass is 9.96. The molecular formula is C14H14O2. The number of furan rings is 1. The van der Waals surface area contributed by atoms with Crippen molar-refractivity contribution in [2.24, 2.45) is 0 Å². The molecule has 0 saturated carbocycles. The first-order valence-electron chi connectivity index (χ1n) is 5.24. The van der Waals surface area contributed by atoms with Gasteiger partial charge in [0.2, 0.25) is 0 Å². The zero-order valence-corrected chi connectivity index (χ0v) is 9.70. The summed E-state index contributed by atoms with van der Waals surface area (Å²) in [7, 11) is 0. The van der Waals surface area contributed by atoms with E-state index in [1.807, 2.05) is 13.0 Å². The van der Waals surface area contributed by atoms with Crippen molar-refractivity contribution in [2.75, 3.05) is 0 Å². The highest BCUT2D eigenvalue weighted by atomic mass is 16.3. The molecule has 2 nitrogen and oxygen atoms in total. The first kappa shape index (κ1) is 10.7. The number of carbonyl (C=O) groups excluding carboxylic acids is 1. The number of hydrogen-bond donors (Lipinski definition) is 0. The van der Waals surface area contributed by atoms with Crippen LogP contribution in [-0.2, 0) is 0 Å². The summed E-state index contributed by atoms with van der Waals surface area (Å²) in [6.45, 7) is 6.20. The molecule has 0 amide bonds. The molecule has 2 rings (SSSR count). The van der Waals surface area contributed by atoms with Crippen molar-refractivity contribution >= 4 is 6.29 Å². The van der Waals surface area contributed by atoms with E-state index in [1.165, 1.54) is 11.1 Å². The first-order chi connectivity index (χ1) is 7.63. The molecule has 0 N–H and O–H groups in total. The van der Waals surface area contributed by atoms with Gasteiger partial charge in [0.25, 0.3) is 0 Å². The van der Waals surface area contributed by atoms with Crippen LogP contribution < -0.4 is 0 Å². The van der Waals surface area contributed by atoms with Gasteiger partial charge >= 0.3 is 0 Å². The van der Waals surface area contributed by atoms with Crippen molar-refractivity contribution in [2.45, 2.75) is 20.8 Å². The molecule has 82 valence electrons. The third kappa shape index (κ3) is 1.67. The van der Waals surface area contributed by atoms with Crippen molar-refractivity contribution in [1.82, 2.24) is 0 Å². The molecule has 0 aliphatic carbocycles. The Balaban J connectivity index is 2.64. The van der Waals surface area contributed by atoms with Gasteiger partial charge in [-0.2, -0.15) is 0 Å². The van der Waals surface area contributed by atoms with E-state index >= 15 is 0 Å². The maximum Gasteiger partial charge on any atom is 0.185 e. The van der Waals surface area contributed by atoms with Crippen LogP contribution in [0.5, 0.6) is 0 Å². The Morgan fingerprint density at radius 1 is 1.00 bits per heavy atom.